The van der Waals surface area contributed by atoms with Crippen molar-refractivity contribution in [2.24, 2.45) is 5.92 Å². The van der Waals surface area contributed by atoms with Crippen molar-refractivity contribution in [1.29, 1.82) is 5.26 Å². The third kappa shape index (κ3) is 4.55. The predicted molar refractivity (Wildman–Crippen MR) is 105 cm³/mol. The summed E-state index contributed by atoms with van der Waals surface area (Å²) in [7, 11) is 0. The van der Waals surface area contributed by atoms with Crippen molar-refractivity contribution in [3.8, 4) is 6.07 Å². The van der Waals surface area contributed by atoms with Gasteiger partial charge < -0.3 is 10.1 Å². The maximum absolute atomic E-state index is 12.4. The average Bonchev–Trinajstić information content (AvgIpc) is 3.11. The molecular formula is C21H22N2O3S. The number of nitrogens with one attached hydrogen (secondary N) is 1. The second kappa shape index (κ2) is 8.36. The monoisotopic (exact) mass is 382 g/mol. The van der Waals surface area contributed by atoms with Gasteiger partial charge in [0.25, 0.3) is 5.91 Å². The molecule has 5 nitrogen and oxygen atoms in total. The summed E-state index contributed by atoms with van der Waals surface area (Å²) in [6, 6.07) is 10.5. The van der Waals surface area contributed by atoms with E-state index in [2.05, 4.69) is 12.2 Å². The number of hydrogen-bond acceptors (Lipinski definition) is 5. The molecule has 1 heterocycles. The highest BCUT2D eigenvalue weighted by Crippen LogP contribution is 2.33. The van der Waals surface area contributed by atoms with Gasteiger partial charge in [-0.3, -0.25) is 4.79 Å². The minimum absolute atomic E-state index is 0.402. The van der Waals surface area contributed by atoms with Crippen molar-refractivity contribution < 1.29 is 14.3 Å². The highest BCUT2D eigenvalue weighted by Gasteiger charge is 2.25. The van der Waals surface area contributed by atoms with E-state index in [0.29, 0.717) is 22.0 Å². The lowest BCUT2D eigenvalue weighted by Gasteiger charge is -2.19. The van der Waals surface area contributed by atoms with E-state index >= 15 is 0 Å². The smallest absolute Gasteiger partial charge is 0.349 e. The van der Waals surface area contributed by atoms with Gasteiger partial charge >= 0.3 is 5.97 Å². The first-order valence-electron chi connectivity index (χ1n) is 9.13. The van der Waals surface area contributed by atoms with Crippen LogP contribution in [0.1, 0.15) is 52.4 Å². The number of rotatable bonds is 5. The van der Waals surface area contributed by atoms with Crippen LogP contribution in [0.15, 0.2) is 30.3 Å². The van der Waals surface area contributed by atoms with Crippen LogP contribution in [0, 0.1) is 17.2 Å². The number of aryl methyl sites for hydroxylation is 1. The Morgan fingerprint density at radius 1 is 1.37 bits per heavy atom. The first-order chi connectivity index (χ1) is 13.0. The molecule has 0 unspecified atom stereocenters. The largest absolute Gasteiger partial charge is 0.448 e. The number of amides is 1. The number of benzene rings is 1. The number of hydrogen-bond donors (Lipinski definition) is 1. The molecule has 0 fully saturated rings. The molecule has 1 N–H and O–H groups in total. The van der Waals surface area contributed by atoms with Crippen LogP contribution in [0.25, 0.3) is 0 Å². The Labute approximate surface area is 163 Å². The van der Waals surface area contributed by atoms with E-state index in [1.54, 1.807) is 31.2 Å². The Hall–Kier alpha value is -2.65. The van der Waals surface area contributed by atoms with E-state index in [4.69, 9.17) is 10.00 Å². The Kier molecular flexibility index (Phi) is 5.92. The molecule has 1 aliphatic rings. The van der Waals surface area contributed by atoms with Crippen LogP contribution in [0.2, 0.25) is 0 Å². The Balaban J connectivity index is 1.59. The first kappa shape index (κ1) is 19.1. The second-order valence-electron chi connectivity index (χ2n) is 6.80. The SMILES string of the molecule is CC[C@H]1CCc2sc(C(=O)O[C@@H](C)C(=O)Nc3ccc(C#N)cc3)cc2C1. The van der Waals surface area contributed by atoms with Gasteiger partial charge in [-0.25, -0.2) is 4.79 Å². The number of nitrogens with zero attached hydrogens (tertiary/aromatic N) is 1. The van der Waals surface area contributed by atoms with E-state index in [0.717, 1.165) is 19.3 Å². The summed E-state index contributed by atoms with van der Waals surface area (Å²) in [6.07, 6.45) is 3.45. The molecule has 0 saturated carbocycles. The van der Waals surface area contributed by atoms with E-state index in [1.807, 2.05) is 12.1 Å². The number of esters is 1. The van der Waals surface area contributed by atoms with E-state index in [9.17, 15) is 9.59 Å². The summed E-state index contributed by atoms with van der Waals surface area (Å²) in [5.74, 6) is -0.168. The zero-order valence-corrected chi connectivity index (χ0v) is 16.3. The van der Waals surface area contributed by atoms with Gasteiger partial charge in [0.15, 0.2) is 6.10 Å². The Morgan fingerprint density at radius 2 is 2.11 bits per heavy atom. The molecule has 1 aromatic carbocycles. The fraction of sp³-hybridized carbons (Fsp3) is 0.381. The van der Waals surface area contributed by atoms with Crippen LogP contribution >= 0.6 is 11.3 Å². The van der Waals surface area contributed by atoms with E-state index in [-0.39, 0.29) is 0 Å². The molecule has 0 spiro atoms. The predicted octanol–water partition coefficient (Wildman–Crippen LogP) is 4.32. The van der Waals surface area contributed by atoms with Crippen molar-refractivity contribution in [2.45, 2.75) is 45.6 Å². The number of fused-ring (bicyclic) bond motifs is 1. The highest BCUT2D eigenvalue weighted by atomic mass is 32.1. The van der Waals surface area contributed by atoms with E-state index < -0.39 is 18.0 Å². The fourth-order valence-electron chi connectivity index (χ4n) is 3.19. The minimum atomic E-state index is -0.907. The van der Waals surface area contributed by atoms with Crippen LogP contribution in [-0.2, 0) is 22.4 Å². The minimum Gasteiger partial charge on any atom is -0.448 e. The van der Waals surface area contributed by atoms with Crippen LogP contribution in [0.5, 0.6) is 0 Å². The summed E-state index contributed by atoms with van der Waals surface area (Å²) in [5.41, 5.74) is 2.32. The molecule has 140 valence electrons. The highest BCUT2D eigenvalue weighted by molar-refractivity contribution is 7.14. The number of thiophene rings is 1. The van der Waals surface area contributed by atoms with E-state index in [1.165, 1.54) is 28.2 Å². The first-order valence-corrected chi connectivity index (χ1v) is 9.95. The van der Waals surface area contributed by atoms with Crippen LogP contribution in [0.4, 0.5) is 5.69 Å². The van der Waals surface area contributed by atoms with Crippen LogP contribution in [-0.4, -0.2) is 18.0 Å². The molecule has 0 saturated heterocycles. The van der Waals surface area contributed by atoms with Gasteiger partial charge in [-0.1, -0.05) is 13.3 Å². The Bertz CT molecular complexity index is 880. The van der Waals surface area contributed by atoms with Gasteiger partial charge in [0.1, 0.15) is 4.88 Å². The third-order valence-corrected chi connectivity index (χ3v) is 6.12. The zero-order valence-electron chi connectivity index (χ0n) is 15.5. The fourth-order valence-corrected chi connectivity index (χ4v) is 4.28. The van der Waals surface area contributed by atoms with Gasteiger partial charge in [-0.05, 0) is 68.0 Å². The number of carbonyl (C=O) groups excluding carboxylic acids is 2. The molecule has 3 rings (SSSR count). The number of carbonyl (C=O) groups is 2. The van der Waals surface area contributed by atoms with Gasteiger partial charge in [-0.2, -0.15) is 5.26 Å². The van der Waals surface area contributed by atoms with Gasteiger partial charge in [0.2, 0.25) is 0 Å². The topological polar surface area (TPSA) is 79.2 Å². The van der Waals surface area contributed by atoms with Gasteiger partial charge in [-0.15, -0.1) is 11.3 Å². The van der Waals surface area contributed by atoms with Crippen molar-refractivity contribution in [3.05, 3.63) is 51.2 Å². The van der Waals surface area contributed by atoms with Crippen molar-refractivity contribution in [1.82, 2.24) is 0 Å². The molecule has 2 aromatic rings. The van der Waals surface area contributed by atoms with Gasteiger partial charge in [0.05, 0.1) is 11.6 Å². The molecule has 1 aromatic heterocycles. The maximum Gasteiger partial charge on any atom is 0.349 e. The average molecular weight is 382 g/mol. The summed E-state index contributed by atoms with van der Waals surface area (Å²) in [6.45, 7) is 3.75. The standard InChI is InChI=1S/C21H22N2O3S/c1-3-14-6-9-18-16(10-14)11-19(27-18)21(25)26-13(2)20(24)23-17-7-4-15(12-22)5-8-17/h4-5,7-8,11,13-14H,3,6,9-10H2,1-2H3,(H,23,24)/t13-,14-/m0/s1. The Morgan fingerprint density at radius 3 is 2.78 bits per heavy atom. The normalized spacial score (nSPS) is 16.7. The molecule has 27 heavy (non-hydrogen) atoms. The molecule has 0 radical (unpaired) electrons. The maximum atomic E-state index is 12.4. The lowest BCUT2D eigenvalue weighted by Crippen LogP contribution is -2.29. The summed E-state index contributed by atoms with van der Waals surface area (Å²) >= 11 is 1.48. The van der Waals surface area contributed by atoms with Crippen molar-refractivity contribution in [2.75, 3.05) is 5.32 Å². The summed E-state index contributed by atoms with van der Waals surface area (Å²) < 4.78 is 5.35. The number of nitriles is 1. The molecule has 6 heteroatoms. The van der Waals surface area contributed by atoms with Crippen LogP contribution < -0.4 is 5.32 Å². The lowest BCUT2D eigenvalue weighted by atomic mass is 9.87. The molecule has 0 bridgehead atoms. The van der Waals surface area contributed by atoms with Crippen LogP contribution in [0.3, 0.4) is 0 Å². The van der Waals surface area contributed by atoms with Crippen molar-refractivity contribution >= 4 is 28.9 Å². The molecule has 1 aliphatic carbocycles. The summed E-state index contributed by atoms with van der Waals surface area (Å²) in [4.78, 5) is 26.5. The second-order valence-corrected chi connectivity index (χ2v) is 7.94. The van der Waals surface area contributed by atoms with Crippen molar-refractivity contribution in [3.63, 3.8) is 0 Å². The lowest BCUT2D eigenvalue weighted by molar-refractivity contribution is -0.123. The quantitative estimate of drug-likeness (QED) is 0.781. The number of ether oxygens (including phenoxy) is 1. The molecule has 2 atom stereocenters. The number of anilines is 1. The third-order valence-electron chi connectivity index (χ3n) is 4.90. The van der Waals surface area contributed by atoms with Gasteiger partial charge in [0, 0.05) is 10.6 Å². The molecular weight excluding hydrogens is 360 g/mol. The molecule has 1 amide bonds. The summed E-state index contributed by atoms with van der Waals surface area (Å²) in [5, 5.41) is 11.5. The zero-order chi connectivity index (χ0) is 19.4. The molecule has 0 aliphatic heterocycles.